The Hall–Kier alpha value is -3.63. The largest absolute Gasteiger partial charge is 0.446 e. The second-order valence-electron chi connectivity index (χ2n) is 19.7. The standard InChI is InChI=1S/C47H86N10O6/c1-32(2)9-6-10-33(3)37-13-14-38-36-12-11-34-31-35(17-19-46(34,4)39(36)18-20-47(37,38)5)63-45(60)57-26-28-62-30-29-61-27-25-52-40(42(59)54-22-8-24-56-44(50)51)15-16-41(58)53-21-7-23-55-43(48)49/h11,32-33,35-40,52H,6-10,12-31H2,1-5H3,(H,53,58)(H,54,59)(H,57,60)(H4,48,49,55)(H4,50,51,56). The summed E-state index contributed by atoms with van der Waals surface area (Å²) in [4.78, 5) is 45.9. The average Bonchev–Trinajstić information content (AvgIpc) is 3.59. The first-order valence-corrected chi connectivity index (χ1v) is 24.3. The molecule has 4 rings (SSSR count). The fourth-order valence-electron chi connectivity index (χ4n) is 11.6. The third-order valence-corrected chi connectivity index (χ3v) is 14.9. The molecule has 0 radical (unpaired) electrons. The first kappa shape index (κ1) is 52.0. The quantitative estimate of drug-likeness (QED) is 0.0236. The van der Waals surface area contributed by atoms with Crippen molar-refractivity contribution in [3.05, 3.63) is 11.6 Å². The number of fused-ring (bicyclic) bond motifs is 5. The van der Waals surface area contributed by atoms with E-state index in [0.29, 0.717) is 90.4 Å². The second-order valence-corrected chi connectivity index (χ2v) is 19.7. The number of alkyl carbamates (subject to hydrolysis) is 1. The van der Waals surface area contributed by atoms with E-state index in [0.717, 1.165) is 54.8 Å². The molecule has 3 saturated carbocycles. The summed E-state index contributed by atoms with van der Waals surface area (Å²) in [6, 6.07) is -0.595. The van der Waals surface area contributed by atoms with E-state index in [9.17, 15) is 14.4 Å². The zero-order valence-electron chi connectivity index (χ0n) is 39.5. The Labute approximate surface area is 378 Å². The lowest BCUT2D eigenvalue weighted by molar-refractivity contribution is -0.124. The van der Waals surface area contributed by atoms with Gasteiger partial charge in [-0.05, 0) is 111 Å². The highest BCUT2D eigenvalue weighted by Crippen LogP contribution is 2.67. The Morgan fingerprint density at radius 2 is 1.44 bits per heavy atom. The van der Waals surface area contributed by atoms with E-state index >= 15 is 0 Å². The fraction of sp³-hybridized carbons (Fsp3) is 0.851. The maximum absolute atomic E-state index is 12.9. The number of hydrogen-bond donors (Lipinski definition) is 8. The zero-order valence-corrected chi connectivity index (χ0v) is 39.5. The molecule has 9 atom stereocenters. The van der Waals surface area contributed by atoms with Gasteiger partial charge in [0.05, 0.1) is 32.5 Å². The number of allylic oxidation sites excluding steroid dienone is 1. The van der Waals surface area contributed by atoms with E-state index in [-0.39, 0.29) is 47.8 Å². The van der Waals surface area contributed by atoms with Crippen LogP contribution in [0.25, 0.3) is 0 Å². The number of carbonyl (C=O) groups excluding carboxylic acids is 3. The summed E-state index contributed by atoms with van der Waals surface area (Å²) in [6.07, 6.45) is 17.4. The first-order valence-electron chi connectivity index (χ1n) is 24.3. The van der Waals surface area contributed by atoms with E-state index in [2.05, 4.69) is 71.9 Å². The van der Waals surface area contributed by atoms with Gasteiger partial charge in [0.15, 0.2) is 11.9 Å². The van der Waals surface area contributed by atoms with Crippen LogP contribution in [0.4, 0.5) is 4.79 Å². The number of nitrogens with zero attached hydrogens (tertiary/aromatic N) is 2. The molecular formula is C47H86N10O6. The molecule has 16 nitrogen and oxygen atoms in total. The minimum atomic E-state index is -0.595. The summed E-state index contributed by atoms with van der Waals surface area (Å²) in [5.41, 5.74) is 23.6. The van der Waals surface area contributed by atoms with E-state index in [4.69, 9.17) is 37.1 Å². The van der Waals surface area contributed by atoms with Crippen molar-refractivity contribution in [2.75, 3.05) is 65.7 Å². The Morgan fingerprint density at radius 1 is 0.762 bits per heavy atom. The molecule has 0 bridgehead atoms. The van der Waals surface area contributed by atoms with Crippen molar-refractivity contribution in [3.63, 3.8) is 0 Å². The maximum atomic E-state index is 12.9. The predicted octanol–water partition coefficient (Wildman–Crippen LogP) is 4.45. The molecule has 360 valence electrons. The summed E-state index contributed by atoms with van der Waals surface area (Å²) in [7, 11) is 0. The number of carbonyl (C=O) groups is 3. The van der Waals surface area contributed by atoms with Gasteiger partial charge in [0.25, 0.3) is 0 Å². The molecule has 4 aliphatic carbocycles. The van der Waals surface area contributed by atoms with Crippen molar-refractivity contribution >= 4 is 29.8 Å². The van der Waals surface area contributed by atoms with Crippen LogP contribution in [-0.2, 0) is 23.8 Å². The van der Waals surface area contributed by atoms with Crippen molar-refractivity contribution < 1.29 is 28.6 Å². The van der Waals surface area contributed by atoms with Crippen molar-refractivity contribution in [2.24, 2.45) is 79.3 Å². The van der Waals surface area contributed by atoms with E-state index in [1.807, 2.05) is 0 Å². The summed E-state index contributed by atoms with van der Waals surface area (Å²) < 4.78 is 17.3. The van der Waals surface area contributed by atoms with Crippen LogP contribution in [0.2, 0.25) is 0 Å². The van der Waals surface area contributed by atoms with Gasteiger partial charge in [-0.25, -0.2) is 4.79 Å². The zero-order chi connectivity index (χ0) is 45.8. The molecule has 0 spiro atoms. The van der Waals surface area contributed by atoms with Gasteiger partial charge in [-0.1, -0.05) is 65.5 Å². The summed E-state index contributed by atoms with van der Waals surface area (Å²) in [5.74, 6) is 4.49. The first-order chi connectivity index (χ1) is 30.1. The number of aliphatic imine (C=N–C) groups is 2. The highest BCUT2D eigenvalue weighted by molar-refractivity contribution is 5.83. The molecule has 3 amide bonds. The molecule has 63 heavy (non-hydrogen) atoms. The van der Waals surface area contributed by atoms with Crippen molar-refractivity contribution in [1.82, 2.24) is 21.3 Å². The van der Waals surface area contributed by atoms with Crippen LogP contribution in [0, 0.1) is 46.3 Å². The van der Waals surface area contributed by atoms with Crippen LogP contribution in [0.1, 0.15) is 131 Å². The lowest BCUT2D eigenvalue weighted by Crippen LogP contribution is -2.51. The van der Waals surface area contributed by atoms with Crippen LogP contribution in [0.15, 0.2) is 21.6 Å². The fourth-order valence-corrected chi connectivity index (χ4v) is 11.6. The Balaban J connectivity index is 1.09. The normalized spacial score (nSPS) is 27.1. The smallest absolute Gasteiger partial charge is 0.407 e. The number of rotatable bonds is 28. The molecule has 4 aliphatic rings. The molecule has 0 heterocycles. The van der Waals surface area contributed by atoms with Crippen LogP contribution in [0.3, 0.4) is 0 Å². The lowest BCUT2D eigenvalue weighted by atomic mass is 9.47. The van der Waals surface area contributed by atoms with Crippen LogP contribution in [-0.4, -0.2) is 108 Å². The number of nitrogens with one attached hydrogen (secondary N) is 4. The van der Waals surface area contributed by atoms with Crippen molar-refractivity contribution in [2.45, 2.75) is 143 Å². The maximum Gasteiger partial charge on any atom is 0.407 e. The monoisotopic (exact) mass is 887 g/mol. The second kappa shape index (κ2) is 26.4. The molecule has 0 saturated heterocycles. The average molecular weight is 887 g/mol. The third-order valence-electron chi connectivity index (χ3n) is 14.9. The molecule has 0 aromatic heterocycles. The van der Waals surface area contributed by atoms with E-state index < -0.39 is 6.04 Å². The topological polar surface area (TPSA) is 256 Å². The number of amides is 3. The number of ether oxygens (including phenoxy) is 3. The molecule has 0 aliphatic heterocycles. The van der Waals surface area contributed by atoms with Gasteiger partial charge >= 0.3 is 6.09 Å². The van der Waals surface area contributed by atoms with Crippen molar-refractivity contribution in [3.8, 4) is 0 Å². The third kappa shape index (κ3) is 16.4. The van der Waals surface area contributed by atoms with Crippen LogP contribution < -0.4 is 44.2 Å². The van der Waals surface area contributed by atoms with E-state index in [1.54, 1.807) is 0 Å². The van der Waals surface area contributed by atoms with Gasteiger partial charge in [0, 0.05) is 52.1 Å². The number of guanidine groups is 2. The summed E-state index contributed by atoms with van der Waals surface area (Å²) in [5, 5.41) is 11.8. The molecule has 3 fully saturated rings. The molecule has 0 aromatic rings. The molecular weight excluding hydrogens is 801 g/mol. The molecule has 9 unspecified atom stereocenters. The van der Waals surface area contributed by atoms with Crippen LogP contribution in [0.5, 0.6) is 0 Å². The van der Waals surface area contributed by atoms with Gasteiger partial charge in [0.2, 0.25) is 11.8 Å². The summed E-state index contributed by atoms with van der Waals surface area (Å²) in [6.45, 7) is 16.2. The summed E-state index contributed by atoms with van der Waals surface area (Å²) >= 11 is 0. The molecule has 12 N–H and O–H groups in total. The Morgan fingerprint density at radius 3 is 2.13 bits per heavy atom. The van der Waals surface area contributed by atoms with Crippen LogP contribution >= 0.6 is 0 Å². The van der Waals surface area contributed by atoms with Gasteiger partial charge in [-0.15, -0.1) is 0 Å². The Bertz CT molecular complexity index is 1520. The number of nitrogens with two attached hydrogens (primary N) is 4. The van der Waals surface area contributed by atoms with Gasteiger partial charge < -0.3 is 58.4 Å². The van der Waals surface area contributed by atoms with Gasteiger partial charge in [-0.2, -0.15) is 0 Å². The predicted molar refractivity (Wildman–Crippen MR) is 251 cm³/mol. The minimum Gasteiger partial charge on any atom is -0.446 e. The lowest BCUT2D eigenvalue weighted by Gasteiger charge is -2.58. The highest BCUT2D eigenvalue weighted by Gasteiger charge is 2.59. The Kier molecular flexibility index (Phi) is 21.8. The van der Waals surface area contributed by atoms with E-state index in [1.165, 1.54) is 56.9 Å². The minimum absolute atomic E-state index is 0.00411. The molecule has 0 aromatic carbocycles. The van der Waals surface area contributed by atoms with Gasteiger partial charge in [0.1, 0.15) is 6.10 Å². The van der Waals surface area contributed by atoms with Crippen molar-refractivity contribution in [1.29, 1.82) is 0 Å². The molecule has 16 heteroatoms. The van der Waals surface area contributed by atoms with Gasteiger partial charge in [-0.3, -0.25) is 19.6 Å². The SMILES string of the molecule is CC(C)CCCC(C)C1CCC2C3CC=C4CC(OC(=O)NCCOCCOCCNC(CCC(=O)NCCCN=C(N)N)C(=O)NCCCN=C(N)N)CCC4(C)C3CCC12C. The highest BCUT2D eigenvalue weighted by atomic mass is 16.6. The number of hydrogen-bond acceptors (Lipinski definition) is 9.